The number of hydrogen-bond donors (Lipinski definition) is 0. The first kappa shape index (κ1) is 12.3. The second-order valence-corrected chi connectivity index (χ2v) is 4.07. The van der Waals surface area contributed by atoms with Crippen LogP contribution in [-0.4, -0.2) is 27.7 Å². The highest BCUT2D eigenvalue weighted by molar-refractivity contribution is 5.76. The lowest BCUT2D eigenvalue weighted by molar-refractivity contribution is 0.111. The Hall–Kier alpha value is -2.17. The van der Waals surface area contributed by atoms with Crippen molar-refractivity contribution >= 4 is 6.29 Å². The van der Waals surface area contributed by atoms with E-state index >= 15 is 0 Å². The molecule has 0 aromatic carbocycles. The SMILES string of the molecule is Cc1ccc(OCCc2cnn(C)c2)c(C=O)n1. The third-order valence-electron chi connectivity index (χ3n) is 2.54. The van der Waals surface area contributed by atoms with Gasteiger partial charge in [-0.2, -0.15) is 5.10 Å². The number of aromatic nitrogens is 3. The summed E-state index contributed by atoms with van der Waals surface area (Å²) in [6, 6.07) is 3.60. The van der Waals surface area contributed by atoms with E-state index in [1.54, 1.807) is 16.9 Å². The first-order valence-corrected chi connectivity index (χ1v) is 5.72. The Morgan fingerprint density at radius 3 is 2.94 bits per heavy atom. The molecule has 18 heavy (non-hydrogen) atoms. The number of ether oxygens (including phenoxy) is 1. The first-order valence-electron chi connectivity index (χ1n) is 5.72. The van der Waals surface area contributed by atoms with Gasteiger partial charge in [0, 0.05) is 25.4 Å². The number of carbonyl (C=O) groups excluding carboxylic acids is 1. The van der Waals surface area contributed by atoms with Crippen LogP contribution in [0.4, 0.5) is 0 Å². The number of aryl methyl sites for hydroxylation is 2. The molecule has 0 N–H and O–H groups in total. The Kier molecular flexibility index (Phi) is 3.72. The third-order valence-corrected chi connectivity index (χ3v) is 2.54. The van der Waals surface area contributed by atoms with Crippen LogP contribution in [0.15, 0.2) is 24.5 Å². The Balaban J connectivity index is 1.96. The molecule has 0 aliphatic carbocycles. The molecule has 0 bridgehead atoms. The standard InChI is InChI=1S/C13H15N3O2/c1-10-3-4-13(12(9-17)15-10)18-6-5-11-7-14-16(2)8-11/h3-4,7-9H,5-6H2,1-2H3. The minimum atomic E-state index is 0.348. The first-order chi connectivity index (χ1) is 8.69. The fourth-order valence-corrected chi connectivity index (χ4v) is 1.65. The number of hydrogen-bond acceptors (Lipinski definition) is 4. The van der Waals surface area contributed by atoms with E-state index in [0.717, 1.165) is 17.7 Å². The van der Waals surface area contributed by atoms with Crippen LogP contribution in [0.2, 0.25) is 0 Å². The van der Waals surface area contributed by atoms with E-state index < -0.39 is 0 Å². The predicted molar refractivity (Wildman–Crippen MR) is 66.8 cm³/mol. The molecule has 0 radical (unpaired) electrons. The quantitative estimate of drug-likeness (QED) is 0.750. The van der Waals surface area contributed by atoms with Crippen molar-refractivity contribution in [2.75, 3.05) is 6.61 Å². The number of carbonyl (C=O) groups is 1. The third kappa shape index (κ3) is 2.94. The van der Waals surface area contributed by atoms with Gasteiger partial charge in [0.25, 0.3) is 0 Å². The number of pyridine rings is 1. The van der Waals surface area contributed by atoms with Gasteiger partial charge in [0.05, 0.1) is 12.8 Å². The lowest BCUT2D eigenvalue weighted by Gasteiger charge is -2.07. The largest absolute Gasteiger partial charge is 0.491 e. The predicted octanol–water partition coefficient (Wildman–Crippen LogP) is 1.56. The molecular weight excluding hydrogens is 230 g/mol. The lowest BCUT2D eigenvalue weighted by atomic mass is 10.2. The average Bonchev–Trinajstić information content (AvgIpc) is 2.77. The van der Waals surface area contributed by atoms with Gasteiger partial charge in [0.15, 0.2) is 6.29 Å². The van der Waals surface area contributed by atoms with Crippen LogP contribution in [0, 0.1) is 6.92 Å². The Bertz CT molecular complexity index is 549. The van der Waals surface area contributed by atoms with Crippen LogP contribution < -0.4 is 4.74 Å². The van der Waals surface area contributed by atoms with Crippen LogP contribution in [0.3, 0.4) is 0 Å². The van der Waals surface area contributed by atoms with Crippen LogP contribution in [0.5, 0.6) is 5.75 Å². The maximum atomic E-state index is 10.9. The monoisotopic (exact) mass is 245 g/mol. The molecule has 2 rings (SSSR count). The minimum Gasteiger partial charge on any atom is -0.491 e. The summed E-state index contributed by atoms with van der Waals surface area (Å²) in [5, 5.41) is 4.08. The Labute approximate surface area is 105 Å². The summed E-state index contributed by atoms with van der Waals surface area (Å²) < 4.78 is 7.32. The highest BCUT2D eigenvalue weighted by Crippen LogP contribution is 2.15. The smallest absolute Gasteiger partial charge is 0.172 e. The molecule has 94 valence electrons. The zero-order chi connectivity index (χ0) is 13.0. The second-order valence-electron chi connectivity index (χ2n) is 4.07. The molecule has 2 aromatic heterocycles. The van der Waals surface area contributed by atoms with E-state index in [1.807, 2.05) is 26.2 Å². The zero-order valence-corrected chi connectivity index (χ0v) is 10.5. The molecule has 0 atom stereocenters. The van der Waals surface area contributed by atoms with E-state index in [2.05, 4.69) is 10.1 Å². The fourth-order valence-electron chi connectivity index (χ4n) is 1.65. The summed E-state index contributed by atoms with van der Waals surface area (Å²) in [5.41, 5.74) is 2.25. The second kappa shape index (κ2) is 5.44. The zero-order valence-electron chi connectivity index (χ0n) is 10.5. The molecule has 0 unspecified atom stereocenters. The van der Waals surface area contributed by atoms with Gasteiger partial charge in [-0.25, -0.2) is 4.98 Å². The Morgan fingerprint density at radius 2 is 2.28 bits per heavy atom. The van der Waals surface area contributed by atoms with E-state index in [1.165, 1.54) is 0 Å². The van der Waals surface area contributed by atoms with Gasteiger partial charge in [0.1, 0.15) is 11.4 Å². The van der Waals surface area contributed by atoms with Gasteiger partial charge in [-0.1, -0.05) is 0 Å². The van der Waals surface area contributed by atoms with Crippen molar-refractivity contribution < 1.29 is 9.53 Å². The molecule has 5 nitrogen and oxygen atoms in total. The molecule has 2 aromatic rings. The van der Waals surface area contributed by atoms with Crippen LogP contribution in [0.25, 0.3) is 0 Å². The van der Waals surface area contributed by atoms with Crippen LogP contribution in [0.1, 0.15) is 21.7 Å². The van der Waals surface area contributed by atoms with Crippen molar-refractivity contribution in [3.8, 4) is 5.75 Å². The molecule has 0 amide bonds. The summed E-state index contributed by atoms with van der Waals surface area (Å²) in [5.74, 6) is 0.527. The molecule has 0 saturated heterocycles. The van der Waals surface area contributed by atoms with Crippen LogP contribution in [-0.2, 0) is 13.5 Å². The van der Waals surface area contributed by atoms with Crippen molar-refractivity contribution in [2.45, 2.75) is 13.3 Å². The van der Waals surface area contributed by atoms with Gasteiger partial charge in [-0.15, -0.1) is 0 Å². The Morgan fingerprint density at radius 1 is 1.44 bits per heavy atom. The molecule has 5 heteroatoms. The van der Waals surface area contributed by atoms with E-state index in [-0.39, 0.29) is 0 Å². The molecule has 0 fully saturated rings. The molecule has 0 saturated carbocycles. The summed E-state index contributed by atoms with van der Waals surface area (Å²) in [6.45, 7) is 2.34. The number of nitrogens with zero attached hydrogens (tertiary/aromatic N) is 3. The van der Waals surface area contributed by atoms with Gasteiger partial charge in [-0.3, -0.25) is 9.48 Å². The summed E-state index contributed by atoms with van der Waals surface area (Å²) in [6.07, 6.45) is 5.21. The number of rotatable bonds is 5. The van der Waals surface area contributed by atoms with Gasteiger partial charge in [-0.05, 0) is 24.6 Å². The van der Waals surface area contributed by atoms with E-state index in [4.69, 9.17) is 4.74 Å². The van der Waals surface area contributed by atoms with Crippen molar-refractivity contribution in [3.63, 3.8) is 0 Å². The topological polar surface area (TPSA) is 57.0 Å². The maximum Gasteiger partial charge on any atom is 0.172 e. The van der Waals surface area contributed by atoms with E-state index in [0.29, 0.717) is 24.3 Å². The molecule has 0 spiro atoms. The van der Waals surface area contributed by atoms with Gasteiger partial charge in [0.2, 0.25) is 0 Å². The van der Waals surface area contributed by atoms with Gasteiger partial charge < -0.3 is 4.74 Å². The normalized spacial score (nSPS) is 10.3. The average molecular weight is 245 g/mol. The van der Waals surface area contributed by atoms with Crippen LogP contribution >= 0.6 is 0 Å². The molecule has 0 aliphatic rings. The lowest BCUT2D eigenvalue weighted by Crippen LogP contribution is -2.04. The summed E-state index contributed by atoms with van der Waals surface area (Å²) >= 11 is 0. The molecule has 0 aliphatic heterocycles. The number of aldehydes is 1. The summed E-state index contributed by atoms with van der Waals surface area (Å²) in [7, 11) is 1.87. The highest BCUT2D eigenvalue weighted by atomic mass is 16.5. The van der Waals surface area contributed by atoms with E-state index in [9.17, 15) is 4.79 Å². The highest BCUT2D eigenvalue weighted by Gasteiger charge is 2.05. The van der Waals surface area contributed by atoms with Crippen molar-refractivity contribution in [1.82, 2.24) is 14.8 Å². The minimum absolute atomic E-state index is 0.348. The van der Waals surface area contributed by atoms with Crippen molar-refractivity contribution in [1.29, 1.82) is 0 Å². The van der Waals surface area contributed by atoms with Crippen molar-refractivity contribution in [2.24, 2.45) is 7.05 Å². The molecule has 2 heterocycles. The summed E-state index contributed by atoms with van der Waals surface area (Å²) in [4.78, 5) is 15.0. The fraction of sp³-hybridized carbons (Fsp3) is 0.308. The van der Waals surface area contributed by atoms with Crippen molar-refractivity contribution in [3.05, 3.63) is 41.5 Å². The maximum absolute atomic E-state index is 10.9. The molecular formula is C13H15N3O2. The van der Waals surface area contributed by atoms with Gasteiger partial charge >= 0.3 is 0 Å².